The second kappa shape index (κ2) is 11.8. The van der Waals surface area contributed by atoms with Crippen LogP contribution in [0.4, 0.5) is 0 Å². The highest BCUT2D eigenvalue weighted by molar-refractivity contribution is 7.99. The number of carbonyl (C=O) groups is 2. The number of carbonyl (C=O) groups excluding carboxylic acids is 2. The Morgan fingerprint density at radius 3 is 2.33 bits per heavy atom. The summed E-state index contributed by atoms with van der Waals surface area (Å²) in [7, 11) is 0. The maximum Gasteiger partial charge on any atom is 0.295 e. The minimum atomic E-state index is -0.659. The van der Waals surface area contributed by atoms with Gasteiger partial charge in [-0.3, -0.25) is 14.2 Å². The lowest BCUT2D eigenvalue weighted by Crippen LogP contribution is -2.57. The zero-order valence-electron chi connectivity index (χ0n) is 22.1. The molecule has 3 N–H and O–H groups in total. The van der Waals surface area contributed by atoms with E-state index in [1.165, 1.54) is 31.4 Å². The average molecular weight is 517 g/mol. The summed E-state index contributed by atoms with van der Waals surface area (Å²) in [6, 6.07) is 4.50. The summed E-state index contributed by atoms with van der Waals surface area (Å²) in [4.78, 5) is 24.6. The molecular weight excluding hydrogens is 476 g/mol. The predicted octanol–water partition coefficient (Wildman–Crippen LogP) is 6.36. The summed E-state index contributed by atoms with van der Waals surface area (Å²) in [6.45, 7) is 10.6. The Bertz CT molecular complexity index is 1110. The van der Waals surface area contributed by atoms with Gasteiger partial charge in [-0.2, -0.15) is 11.8 Å². The Labute approximate surface area is 217 Å². The monoisotopic (exact) mass is 516 g/mol. The van der Waals surface area contributed by atoms with Crippen molar-refractivity contribution in [2.24, 2.45) is 10.2 Å². The number of aromatic nitrogens is 1. The average Bonchev–Trinajstić information content (AvgIpc) is 3.04. The van der Waals surface area contributed by atoms with Crippen molar-refractivity contribution in [3.05, 3.63) is 23.8 Å². The van der Waals surface area contributed by atoms with Crippen molar-refractivity contribution in [3.63, 3.8) is 0 Å². The molecule has 1 fully saturated rings. The molecule has 0 saturated carbocycles. The molecule has 36 heavy (non-hydrogen) atoms. The number of fused-ring (bicyclic) bond motifs is 1. The number of nitrogens with one attached hydrogen (secondary N) is 1. The Kier molecular flexibility index (Phi) is 9.22. The second-order valence-corrected chi connectivity index (χ2v) is 12.3. The molecular formula is C27H40N4O4S. The molecule has 1 aromatic heterocycles. The molecule has 9 heteroatoms. The third-order valence-corrected chi connectivity index (χ3v) is 7.66. The van der Waals surface area contributed by atoms with Crippen LogP contribution in [0.15, 0.2) is 28.4 Å². The minimum absolute atomic E-state index is 0.0241. The molecule has 0 radical (unpaired) electrons. The Morgan fingerprint density at radius 2 is 1.67 bits per heavy atom. The van der Waals surface area contributed by atoms with E-state index >= 15 is 0 Å². The van der Waals surface area contributed by atoms with Crippen LogP contribution in [0, 0.1) is 0 Å². The van der Waals surface area contributed by atoms with Crippen LogP contribution in [-0.2, 0) is 4.79 Å². The smallest absolute Gasteiger partial charge is 0.295 e. The fraction of sp³-hybridized carbons (Fsp3) is 0.630. The van der Waals surface area contributed by atoms with Crippen LogP contribution >= 0.6 is 11.8 Å². The predicted molar refractivity (Wildman–Crippen MR) is 145 cm³/mol. The van der Waals surface area contributed by atoms with Crippen molar-refractivity contribution in [2.45, 2.75) is 96.7 Å². The van der Waals surface area contributed by atoms with E-state index in [1.807, 2.05) is 0 Å². The first-order valence-corrected chi connectivity index (χ1v) is 14.0. The summed E-state index contributed by atoms with van der Waals surface area (Å²) in [5.74, 6) is 0.492. The molecule has 0 unspecified atom stereocenters. The first-order chi connectivity index (χ1) is 16.9. The van der Waals surface area contributed by atoms with Crippen LogP contribution in [0.25, 0.3) is 10.8 Å². The molecule has 0 aliphatic carbocycles. The molecule has 198 valence electrons. The van der Waals surface area contributed by atoms with Crippen LogP contribution in [0.3, 0.4) is 0 Å². The fourth-order valence-electron chi connectivity index (χ4n) is 5.32. The number of unbranched alkanes of at least 4 members (excludes halogenated alkanes) is 3. The van der Waals surface area contributed by atoms with Gasteiger partial charge in [-0.05, 0) is 70.9 Å². The van der Waals surface area contributed by atoms with E-state index in [-0.39, 0.29) is 40.9 Å². The van der Waals surface area contributed by atoms with Crippen molar-refractivity contribution in [2.75, 3.05) is 11.5 Å². The lowest BCUT2D eigenvalue weighted by atomic mass is 9.79. The molecule has 1 aliphatic rings. The number of benzene rings is 1. The van der Waals surface area contributed by atoms with E-state index in [4.69, 9.17) is 0 Å². The van der Waals surface area contributed by atoms with Gasteiger partial charge >= 0.3 is 0 Å². The largest absolute Gasteiger partial charge is 0.494 e. The highest BCUT2D eigenvalue weighted by atomic mass is 32.2. The first kappa shape index (κ1) is 28.2. The maximum atomic E-state index is 12.6. The number of piperidine rings is 1. The number of amides is 2. The molecule has 2 heterocycles. The van der Waals surface area contributed by atoms with Gasteiger partial charge in [0, 0.05) is 45.6 Å². The van der Waals surface area contributed by atoms with E-state index in [9.17, 15) is 19.8 Å². The SMILES string of the molecule is CCCCCCSCCC(=O)N=NC(=O)c1ccc2c(O)n(C3CC(C)(C)NC(C)(C)C3)c(O)c2c1. The van der Waals surface area contributed by atoms with Gasteiger partial charge in [0.1, 0.15) is 0 Å². The van der Waals surface area contributed by atoms with Gasteiger partial charge < -0.3 is 15.5 Å². The molecule has 3 rings (SSSR count). The molecule has 1 aliphatic heterocycles. The highest BCUT2D eigenvalue weighted by Gasteiger charge is 2.40. The Hall–Kier alpha value is -2.39. The number of hydrogen-bond donors (Lipinski definition) is 3. The van der Waals surface area contributed by atoms with Crippen molar-refractivity contribution in [3.8, 4) is 11.8 Å². The lowest BCUT2D eigenvalue weighted by Gasteiger charge is -2.47. The Balaban J connectivity index is 1.68. The van der Waals surface area contributed by atoms with E-state index < -0.39 is 11.8 Å². The van der Waals surface area contributed by atoms with Gasteiger partial charge in [0.25, 0.3) is 11.8 Å². The van der Waals surface area contributed by atoms with Gasteiger partial charge in [0.2, 0.25) is 11.8 Å². The molecule has 2 aromatic rings. The molecule has 0 spiro atoms. The molecule has 2 amide bonds. The zero-order valence-corrected chi connectivity index (χ0v) is 23.0. The van der Waals surface area contributed by atoms with Gasteiger partial charge in [-0.1, -0.05) is 26.2 Å². The quantitative estimate of drug-likeness (QED) is 0.250. The number of azo groups is 1. The van der Waals surface area contributed by atoms with Crippen molar-refractivity contribution < 1.29 is 19.8 Å². The summed E-state index contributed by atoms with van der Waals surface area (Å²) in [5, 5.41) is 33.6. The van der Waals surface area contributed by atoms with Crippen LogP contribution in [-0.4, -0.2) is 49.2 Å². The molecule has 8 nitrogen and oxygen atoms in total. The second-order valence-electron chi connectivity index (χ2n) is 11.1. The fourth-order valence-corrected chi connectivity index (χ4v) is 6.25. The standard InChI is InChI=1S/C27H40N4O4S/c1-6-7-8-9-13-36-14-12-22(32)28-29-23(33)18-10-11-20-21(15-18)25(35)31(24(20)34)19-16-26(2,3)30-27(4,5)17-19/h10-11,15,19,30,34-35H,6-9,12-14,16-17H2,1-5H3. The Morgan fingerprint density at radius 1 is 1.00 bits per heavy atom. The summed E-state index contributed by atoms with van der Waals surface area (Å²) < 4.78 is 1.56. The minimum Gasteiger partial charge on any atom is -0.494 e. The van der Waals surface area contributed by atoms with E-state index in [2.05, 4.69) is 50.2 Å². The molecule has 0 atom stereocenters. The molecule has 1 aromatic carbocycles. The highest BCUT2D eigenvalue weighted by Crippen LogP contribution is 2.45. The first-order valence-electron chi connectivity index (χ1n) is 12.9. The van der Waals surface area contributed by atoms with Crippen LogP contribution in [0.2, 0.25) is 0 Å². The van der Waals surface area contributed by atoms with Gasteiger partial charge in [0.15, 0.2) is 0 Å². The van der Waals surface area contributed by atoms with Crippen molar-refractivity contribution in [1.29, 1.82) is 0 Å². The van der Waals surface area contributed by atoms with Gasteiger partial charge in [-0.25, -0.2) is 0 Å². The maximum absolute atomic E-state index is 12.6. The number of thioether (sulfide) groups is 1. The van der Waals surface area contributed by atoms with Crippen LogP contribution in [0.5, 0.6) is 11.8 Å². The molecule has 1 saturated heterocycles. The van der Waals surface area contributed by atoms with Gasteiger partial charge in [-0.15, -0.1) is 10.2 Å². The van der Waals surface area contributed by atoms with Crippen molar-refractivity contribution in [1.82, 2.24) is 9.88 Å². The lowest BCUT2D eigenvalue weighted by molar-refractivity contribution is -0.117. The number of rotatable bonds is 10. The van der Waals surface area contributed by atoms with Crippen LogP contribution in [0.1, 0.15) is 96.0 Å². The zero-order chi connectivity index (χ0) is 26.5. The van der Waals surface area contributed by atoms with E-state index in [0.717, 1.165) is 25.0 Å². The normalized spacial score (nSPS) is 17.7. The third-order valence-electron chi connectivity index (χ3n) is 6.59. The summed E-state index contributed by atoms with van der Waals surface area (Å²) in [6.07, 6.45) is 6.47. The van der Waals surface area contributed by atoms with Crippen molar-refractivity contribution >= 4 is 34.3 Å². The number of hydrogen-bond acceptors (Lipinski definition) is 6. The van der Waals surface area contributed by atoms with Crippen LogP contribution < -0.4 is 5.32 Å². The van der Waals surface area contributed by atoms with E-state index in [0.29, 0.717) is 16.5 Å². The number of nitrogens with zero attached hydrogens (tertiary/aromatic N) is 3. The summed E-state index contributed by atoms with van der Waals surface area (Å²) in [5.41, 5.74) is -0.157. The van der Waals surface area contributed by atoms with E-state index in [1.54, 1.807) is 22.4 Å². The number of aromatic hydroxyl groups is 2. The van der Waals surface area contributed by atoms with Gasteiger partial charge in [0.05, 0.1) is 0 Å². The molecule has 0 bridgehead atoms. The topological polar surface area (TPSA) is 116 Å². The third kappa shape index (κ3) is 7.09. The summed E-state index contributed by atoms with van der Waals surface area (Å²) >= 11 is 1.72.